The van der Waals surface area contributed by atoms with E-state index < -0.39 is 6.36 Å². The van der Waals surface area contributed by atoms with Crippen molar-refractivity contribution in [3.8, 4) is 28.5 Å². The SMILES string of the molecule is FC(F)(F)Oc1cccc(-c2nnc(-c3ccccc3NC(C3=CC=CCC3)C3=COC=CO3)[nH]2)c1. The zero-order chi connectivity index (χ0) is 25.0. The molecule has 7 nitrogen and oxygen atoms in total. The van der Waals surface area contributed by atoms with Crippen molar-refractivity contribution in [1.82, 2.24) is 15.2 Å². The maximum Gasteiger partial charge on any atom is 0.573 e. The summed E-state index contributed by atoms with van der Waals surface area (Å²) in [5.74, 6) is 1.02. The van der Waals surface area contributed by atoms with Gasteiger partial charge in [-0.05, 0) is 42.7 Å². The fourth-order valence-corrected chi connectivity index (χ4v) is 3.94. The highest BCUT2D eigenvalue weighted by atomic mass is 19.4. The van der Waals surface area contributed by atoms with Gasteiger partial charge in [-0.3, -0.25) is 0 Å². The molecule has 1 unspecified atom stereocenters. The second-order valence-electron chi connectivity index (χ2n) is 7.98. The van der Waals surface area contributed by atoms with E-state index in [1.165, 1.54) is 30.7 Å². The summed E-state index contributed by atoms with van der Waals surface area (Å²) in [5, 5.41) is 11.9. The lowest BCUT2D eigenvalue weighted by Gasteiger charge is -2.27. The standard InChI is InChI=1S/C26H21F3N4O3/c27-26(28,29)36-19-10-6-9-18(15-19)24-31-25(33-32-24)20-11-4-5-12-21(20)30-23(17-7-2-1-3-8-17)22-16-34-13-14-35-22/h1-2,4-7,9-16,23,30H,3,8H2,(H,31,32,33). The summed E-state index contributed by atoms with van der Waals surface area (Å²) in [6.45, 7) is 0. The maximum absolute atomic E-state index is 12.6. The topological polar surface area (TPSA) is 81.3 Å². The minimum Gasteiger partial charge on any atom is -0.466 e. The Morgan fingerprint density at radius 1 is 1.03 bits per heavy atom. The molecule has 2 N–H and O–H groups in total. The van der Waals surface area contributed by atoms with Crippen LogP contribution < -0.4 is 10.1 Å². The van der Waals surface area contributed by atoms with Crippen LogP contribution in [-0.2, 0) is 9.47 Å². The van der Waals surface area contributed by atoms with E-state index in [2.05, 4.69) is 37.4 Å². The third-order valence-corrected chi connectivity index (χ3v) is 5.53. The number of rotatable bonds is 7. The zero-order valence-electron chi connectivity index (χ0n) is 18.8. The number of aromatic amines is 1. The molecule has 2 aliphatic rings. The monoisotopic (exact) mass is 494 g/mol. The second-order valence-corrected chi connectivity index (χ2v) is 7.98. The zero-order valence-corrected chi connectivity index (χ0v) is 18.8. The Morgan fingerprint density at radius 3 is 2.67 bits per heavy atom. The van der Waals surface area contributed by atoms with Gasteiger partial charge in [-0.1, -0.05) is 42.5 Å². The number of hydrogen-bond acceptors (Lipinski definition) is 6. The lowest BCUT2D eigenvalue weighted by molar-refractivity contribution is -0.274. The molecule has 10 heteroatoms. The highest BCUT2D eigenvalue weighted by Gasteiger charge is 2.31. The van der Waals surface area contributed by atoms with Crippen LogP contribution in [0.15, 0.2) is 96.9 Å². The molecular formula is C26H21F3N4O3. The average molecular weight is 494 g/mol. The van der Waals surface area contributed by atoms with Crippen molar-refractivity contribution in [3.05, 3.63) is 96.9 Å². The van der Waals surface area contributed by atoms with Gasteiger partial charge in [-0.15, -0.1) is 23.4 Å². The first-order chi connectivity index (χ1) is 17.5. The van der Waals surface area contributed by atoms with E-state index in [0.29, 0.717) is 23.0 Å². The van der Waals surface area contributed by atoms with Crippen LogP contribution in [0.4, 0.5) is 18.9 Å². The van der Waals surface area contributed by atoms with Gasteiger partial charge in [0.25, 0.3) is 0 Å². The average Bonchev–Trinajstić information content (AvgIpc) is 3.38. The number of nitrogens with zero attached hydrogens (tertiary/aromatic N) is 2. The molecule has 1 aliphatic heterocycles. The molecule has 0 spiro atoms. The third kappa shape index (κ3) is 5.43. The number of allylic oxidation sites excluding steroid dienone is 3. The fourth-order valence-electron chi connectivity index (χ4n) is 3.94. The summed E-state index contributed by atoms with van der Waals surface area (Å²) >= 11 is 0. The first-order valence-corrected chi connectivity index (χ1v) is 11.1. The maximum atomic E-state index is 12.6. The lowest BCUT2D eigenvalue weighted by atomic mass is 9.96. The molecule has 0 saturated heterocycles. The highest BCUT2D eigenvalue weighted by molar-refractivity contribution is 5.75. The Morgan fingerprint density at radius 2 is 1.89 bits per heavy atom. The van der Waals surface area contributed by atoms with Crippen LogP contribution in [0.3, 0.4) is 0 Å². The summed E-state index contributed by atoms with van der Waals surface area (Å²) < 4.78 is 52.9. The Bertz CT molecular complexity index is 1360. The van der Waals surface area contributed by atoms with Crippen LogP contribution in [-0.4, -0.2) is 27.6 Å². The molecule has 184 valence electrons. The van der Waals surface area contributed by atoms with Gasteiger partial charge in [0.1, 0.15) is 30.6 Å². The molecule has 0 amide bonds. The summed E-state index contributed by atoms with van der Waals surface area (Å²) in [7, 11) is 0. The van der Waals surface area contributed by atoms with Gasteiger partial charge in [0, 0.05) is 16.8 Å². The summed E-state index contributed by atoms with van der Waals surface area (Å²) in [6, 6.07) is 12.8. The van der Waals surface area contributed by atoms with Crippen LogP contribution in [0, 0.1) is 0 Å². The number of benzene rings is 2. The van der Waals surface area contributed by atoms with E-state index >= 15 is 0 Å². The summed E-state index contributed by atoms with van der Waals surface area (Å²) in [4.78, 5) is 3.10. The number of aromatic nitrogens is 3. The molecule has 0 fully saturated rings. The van der Waals surface area contributed by atoms with Crippen molar-refractivity contribution in [1.29, 1.82) is 0 Å². The van der Waals surface area contributed by atoms with Gasteiger partial charge in [0.15, 0.2) is 17.4 Å². The molecule has 3 aromatic rings. The van der Waals surface area contributed by atoms with Crippen molar-refractivity contribution >= 4 is 5.69 Å². The number of para-hydroxylation sites is 1. The van der Waals surface area contributed by atoms with Crippen molar-refractivity contribution in [2.75, 3.05) is 5.32 Å². The number of alkyl halides is 3. The van der Waals surface area contributed by atoms with Gasteiger partial charge in [0.05, 0.1) is 0 Å². The molecule has 1 aromatic heterocycles. The Labute approximate surface area is 204 Å². The van der Waals surface area contributed by atoms with Gasteiger partial charge in [-0.2, -0.15) is 0 Å². The first kappa shape index (κ1) is 23.3. The Kier molecular flexibility index (Phi) is 6.48. The Balaban J connectivity index is 1.44. The van der Waals surface area contributed by atoms with E-state index in [-0.39, 0.29) is 11.8 Å². The van der Waals surface area contributed by atoms with Crippen molar-refractivity contribution in [3.63, 3.8) is 0 Å². The molecule has 0 bridgehead atoms. The van der Waals surface area contributed by atoms with Crippen molar-refractivity contribution < 1.29 is 27.4 Å². The highest BCUT2D eigenvalue weighted by Crippen LogP contribution is 2.33. The van der Waals surface area contributed by atoms with Crippen LogP contribution in [0.5, 0.6) is 5.75 Å². The summed E-state index contributed by atoms with van der Waals surface area (Å²) in [6.07, 6.45) is 7.64. The molecule has 0 saturated carbocycles. The van der Waals surface area contributed by atoms with Crippen molar-refractivity contribution in [2.45, 2.75) is 25.2 Å². The molecule has 1 aliphatic carbocycles. The van der Waals surface area contributed by atoms with E-state index in [1.807, 2.05) is 30.3 Å². The number of anilines is 1. The normalized spacial score (nSPS) is 15.9. The number of halogens is 3. The quantitative estimate of drug-likeness (QED) is 0.393. The molecular weight excluding hydrogens is 473 g/mol. The van der Waals surface area contributed by atoms with E-state index in [0.717, 1.165) is 29.7 Å². The molecule has 0 radical (unpaired) electrons. The predicted molar refractivity (Wildman–Crippen MR) is 127 cm³/mol. The number of H-pyrrole nitrogens is 1. The molecule has 2 heterocycles. The van der Waals surface area contributed by atoms with Gasteiger partial charge in [-0.25, -0.2) is 0 Å². The Hall–Kier alpha value is -4.47. The van der Waals surface area contributed by atoms with E-state index in [4.69, 9.17) is 9.47 Å². The van der Waals surface area contributed by atoms with Crippen LogP contribution in [0.1, 0.15) is 12.8 Å². The predicted octanol–water partition coefficient (Wildman–Crippen LogP) is 6.45. The first-order valence-electron chi connectivity index (χ1n) is 11.1. The van der Waals surface area contributed by atoms with Crippen molar-refractivity contribution in [2.24, 2.45) is 0 Å². The van der Waals surface area contributed by atoms with E-state index in [9.17, 15) is 13.2 Å². The van der Waals surface area contributed by atoms with Gasteiger partial charge < -0.3 is 24.5 Å². The van der Waals surface area contributed by atoms with Gasteiger partial charge in [0.2, 0.25) is 0 Å². The van der Waals surface area contributed by atoms with E-state index in [1.54, 1.807) is 12.3 Å². The molecule has 36 heavy (non-hydrogen) atoms. The third-order valence-electron chi connectivity index (χ3n) is 5.53. The number of hydrogen-bond donors (Lipinski definition) is 2. The largest absolute Gasteiger partial charge is 0.573 e. The lowest BCUT2D eigenvalue weighted by Crippen LogP contribution is -2.27. The van der Waals surface area contributed by atoms with Crippen LogP contribution in [0.25, 0.3) is 22.8 Å². The smallest absolute Gasteiger partial charge is 0.466 e. The summed E-state index contributed by atoms with van der Waals surface area (Å²) in [5.41, 5.74) is 3.01. The molecule has 2 aromatic carbocycles. The molecule has 5 rings (SSSR count). The number of nitrogens with one attached hydrogen (secondary N) is 2. The fraction of sp³-hybridized carbons (Fsp3) is 0.154. The number of ether oxygens (including phenoxy) is 3. The van der Waals surface area contributed by atoms with Crippen LogP contribution in [0.2, 0.25) is 0 Å². The minimum atomic E-state index is -4.78. The van der Waals surface area contributed by atoms with Crippen LogP contribution >= 0.6 is 0 Å². The van der Waals surface area contributed by atoms with Gasteiger partial charge >= 0.3 is 6.36 Å². The minimum absolute atomic E-state index is 0.292. The molecule has 1 atom stereocenters. The second kappa shape index (κ2) is 10.0.